The van der Waals surface area contributed by atoms with Crippen molar-refractivity contribution in [3.8, 4) is 33.5 Å². The Kier molecular flexibility index (Phi) is 4.77. The highest BCUT2D eigenvalue weighted by Gasteiger charge is 2.20. The molecular weight excluding hydrogens is 421 g/mol. The van der Waals surface area contributed by atoms with Crippen molar-refractivity contribution in [2.75, 3.05) is 0 Å². The van der Waals surface area contributed by atoms with Gasteiger partial charge in [0, 0.05) is 28.5 Å². The third-order valence-corrected chi connectivity index (χ3v) is 6.55. The summed E-state index contributed by atoms with van der Waals surface area (Å²) in [6.45, 7) is 2.08. The fraction of sp³-hybridized carbons (Fsp3) is 0.0645. The van der Waals surface area contributed by atoms with Crippen LogP contribution in [-0.4, -0.2) is 0 Å². The minimum absolute atomic E-state index is 0.287. The number of rotatable bonds is 3. The number of halogens is 1. The van der Waals surface area contributed by atoms with E-state index in [9.17, 15) is 0 Å². The molecule has 34 heavy (non-hydrogen) atoms. The quantitative estimate of drug-likeness (QED) is 0.254. The van der Waals surface area contributed by atoms with Gasteiger partial charge in [-0.1, -0.05) is 54.6 Å². The molecule has 164 valence electrons. The van der Waals surface area contributed by atoms with Crippen LogP contribution in [0.3, 0.4) is 0 Å². The van der Waals surface area contributed by atoms with E-state index in [4.69, 9.17) is 4.42 Å². The third-order valence-electron chi connectivity index (χ3n) is 6.55. The van der Waals surface area contributed by atoms with Gasteiger partial charge in [-0.15, -0.1) is 0 Å². The van der Waals surface area contributed by atoms with Gasteiger partial charge >= 0.3 is 0 Å². The van der Waals surface area contributed by atoms with Crippen molar-refractivity contribution in [2.24, 2.45) is 7.05 Å². The highest BCUT2D eigenvalue weighted by Crippen LogP contribution is 2.40. The Hall–Kier alpha value is -4.24. The standard InChI is InChI=1S/C31H23FNO/c1-20-18-29-26(19-25(20)28-10-6-7-17-33(28)2)24-15-16-27(32)30(31(24)34-29)23-13-11-22(12-14-23)21-8-4-3-5-9-21/h3-19H,1-2H3/q+1. The summed E-state index contributed by atoms with van der Waals surface area (Å²) in [5.41, 5.74) is 8.24. The van der Waals surface area contributed by atoms with Gasteiger partial charge in [0.2, 0.25) is 5.69 Å². The van der Waals surface area contributed by atoms with E-state index in [0.717, 1.165) is 49.9 Å². The van der Waals surface area contributed by atoms with Gasteiger partial charge in [-0.3, -0.25) is 0 Å². The van der Waals surface area contributed by atoms with E-state index < -0.39 is 0 Å². The second-order valence-corrected chi connectivity index (χ2v) is 8.70. The monoisotopic (exact) mass is 444 g/mol. The molecule has 3 heteroatoms. The van der Waals surface area contributed by atoms with Crippen molar-refractivity contribution < 1.29 is 13.4 Å². The molecule has 4 aromatic carbocycles. The zero-order chi connectivity index (χ0) is 23.2. The van der Waals surface area contributed by atoms with Crippen LogP contribution in [0, 0.1) is 12.7 Å². The van der Waals surface area contributed by atoms with E-state index in [-0.39, 0.29) is 5.82 Å². The van der Waals surface area contributed by atoms with Gasteiger partial charge in [0.25, 0.3) is 0 Å². The molecule has 0 aliphatic heterocycles. The first kappa shape index (κ1) is 20.4. The van der Waals surface area contributed by atoms with Gasteiger partial charge in [0.05, 0.1) is 5.56 Å². The molecule has 0 amide bonds. The first-order chi connectivity index (χ1) is 16.6. The number of nitrogens with zero attached hydrogens (tertiary/aromatic N) is 1. The maximum atomic E-state index is 15.2. The summed E-state index contributed by atoms with van der Waals surface area (Å²) < 4.78 is 23.6. The van der Waals surface area contributed by atoms with Gasteiger partial charge in [0.15, 0.2) is 6.20 Å². The van der Waals surface area contributed by atoms with Gasteiger partial charge in [-0.2, -0.15) is 0 Å². The fourth-order valence-electron chi connectivity index (χ4n) is 4.77. The molecule has 0 aliphatic carbocycles. The van der Waals surface area contributed by atoms with Crippen LogP contribution in [0.4, 0.5) is 4.39 Å². The van der Waals surface area contributed by atoms with E-state index in [1.807, 2.05) is 73.9 Å². The Morgan fingerprint density at radius 3 is 2.18 bits per heavy atom. The number of pyridine rings is 1. The van der Waals surface area contributed by atoms with Crippen LogP contribution in [-0.2, 0) is 7.05 Å². The molecule has 0 unspecified atom stereocenters. The summed E-state index contributed by atoms with van der Waals surface area (Å²) in [5, 5.41) is 1.90. The number of benzene rings is 4. The smallest absolute Gasteiger partial charge is 0.212 e. The summed E-state index contributed by atoms with van der Waals surface area (Å²) in [4.78, 5) is 0. The molecule has 0 atom stereocenters. The highest BCUT2D eigenvalue weighted by atomic mass is 19.1. The predicted octanol–water partition coefficient (Wildman–Crippen LogP) is 7.86. The van der Waals surface area contributed by atoms with Crippen molar-refractivity contribution in [1.82, 2.24) is 0 Å². The van der Waals surface area contributed by atoms with E-state index >= 15 is 4.39 Å². The van der Waals surface area contributed by atoms with Crippen molar-refractivity contribution in [3.63, 3.8) is 0 Å². The second kappa shape index (κ2) is 7.96. The molecule has 0 bridgehead atoms. The molecule has 0 aliphatic rings. The van der Waals surface area contributed by atoms with E-state index in [1.54, 1.807) is 6.07 Å². The summed E-state index contributed by atoms with van der Waals surface area (Å²) in [6, 6.07) is 31.9. The molecule has 2 aromatic heterocycles. The normalized spacial score (nSPS) is 11.4. The van der Waals surface area contributed by atoms with Crippen molar-refractivity contribution in [1.29, 1.82) is 0 Å². The zero-order valence-corrected chi connectivity index (χ0v) is 19.0. The summed E-state index contributed by atoms with van der Waals surface area (Å²) >= 11 is 0. The molecular formula is C31H23FNO+. The lowest BCUT2D eigenvalue weighted by molar-refractivity contribution is -0.660. The lowest BCUT2D eigenvalue weighted by Gasteiger charge is -2.07. The molecule has 0 spiro atoms. The average molecular weight is 445 g/mol. The highest BCUT2D eigenvalue weighted by molar-refractivity contribution is 6.11. The largest absolute Gasteiger partial charge is 0.455 e. The topological polar surface area (TPSA) is 17.0 Å². The first-order valence-electron chi connectivity index (χ1n) is 11.4. The minimum atomic E-state index is -0.287. The SMILES string of the molecule is Cc1cc2oc3c(-c4ccc(-c5ccccc5)cc4)c(F)ccc3c2cc1-c1cccc[n+]1C. The Balaban J connectivity index is 1.53. The molecule has 2 heterocycles. The first-order valence-corrected chi connectivity index (χ1v) is 11.4. The molecule has 0 saturated carbocycles. The zero-order valence-electron chi connectivity index (χ0n) is 19.0. The van der Waals surface area contributed by atoms with Crippen molar-refractivity contribution in [2.45, 2.75) is 6.92 Å². The lowest BCUT2D eigenvalue weighted by Crippen LogP contribution is -2.30. The summed E-state index contributed by atoms with van der Waals surface area (Å²) in [7, 11) is 2.04. The number of hydrogen-bond donors (Lipinski definition) is 0. The Morgan fingerprint density at radius 1 is 0.706 bits per heavy atom. The number of hydrogen-bond acceptors (Lipinski definition) is 1. The fourth-order valence-corrected chi connectivity index (χ4v) is 4.77. The maximum Gasteiger partial charge on any atom is 0.212 e. The maximum absolute atomic E-state index is 15.2. The molecule has 0 saturated heterocycles. The molecule has 6 rings (SSSR count). The summed E-state index contributed by atoms with van der Waals surface area (Å²) in [5.74, 6) is -0.287. The number of aromatic nitrogens is 1. The van der Waals surface area contributed by atoms with Crippen LogP contribution in [0.1, 0.15) is 5.56 Å². The van der Waals surface area contributed by atoms with E-state index in [1.165, 1.54) is 0 Å². The Morgan fingerprint density at radius 2 is 1.41 bits per heavy atom. The minimum Gasteiger partial charge on any atom is -0.455 e. The Bertz CT molecular complexity index is 1660. The number of furan rings is 1. The van der Waals surface area contributed by atoms with Crippen LogP contribution in [0.15, 0.2) is 108 Å². The van der Waals surface area contributed by atoms with E-state index in [2.05, 4.69) is 41.8 Å². The van der Waals surface area contributed by atoms with Gasteiger partial charge in [-0.05, 0) is 59.5 Å². The van der Waals surface area contributed by atoms with Crippen LogP contribution in [0.25, 0.3) is 55.4 Å². The average Bonchev–Trinajstić information content (AvgIpc) is 3.21. The Labute approximate surface area is 197 Å². The van der Waals surface area contributed by atoms with Crippen LogP contribution in [0.5, 0.6) is 0 Å². The lowest BCUT2D eigenvalue weighted by atomic mass is 9.97. The molecule has 0 radical (unpaired) electrons. The van der Waals surface area contributed by atoms with Crippen LogP contribution < -0.4 is 4.57 Å². The van der Waals surface area contributed by atoms with Crippen molar-refractivity contribution >= 4 is 21.9 Å². The van der Waals surface area contributed by atoms with Gasteiger partial charge in [-0.25, -0.2) is 8.96 Å². The number of fused-ring (bicyclic) bond motifs is 3. The summed E-state index contributed by atoms with van der Waals surface area (Å²) in [6.07, 6.45) is 2.04. The van der Waals surface area contributed by atoms with E-state index in [0.29, 0.717) is 11.1 Å². The van der Waals surface area contributed by atoms with Gasteiger partial charge < -0.3 is 4.42 Å². The molecule has 0 fully saturated rings. The second-order valence-electron chi connectivity index (χ2n) is 8.70. The third kappa shape index (κ3) is 3.29. The van der Waals surface area contributed by atoms with Crippen LogP contribution >= 0.6 is 0 Å². The predicted molar refractivity (Wildman–Crippen MR) is 136 cm³/mol. The van der Waals surface area contributed by atoms with Crippen LogP contribution in [0.2, 0.25) is 0 Å². The molecule has 6 aromatic rings. The molecule has 0 N–H and O–H groups in total. The molecule has 2 nitrogen and oxygen atoms in total. The number of aryl methyl sites for hydroxylation is 2. The van der Waals surface area contributed by atoms with Gasteiger partial charge in [0.1, 0.15) is 24.0 Å². The van der Waals surface area contributed by atoms with Crippen molar-refractivity contribution in [3.05, 3.63) is 115 Å².